The average molecular weight is 679 g/mol. The molecule has 49 heavy (non-hydrogen) atoms. The number of nitrogens with one attached hydrogen (secondary N) is 4. The van der Waals surface area contributed by atoms with Gasteiger partial charge in [0.15, 0.2) is 0 Å². The molecule has 2 aromatic carbocycles. The first kappa shape index (κ1) is 39.7. The third-order valence-electron chi connectivity index (χ3n) is 8.90. The molecule has 2 unspecified atom stereocenters. The molecule has 5 atom stereocenters. The van der Waals surface area contributed by atoms with E-state index in [9.17, 15) is 29.2 Å². The van der Waals surface area contributed by atoms with Crippen molar-refractivity contribution < 1.29 is 29.2 Å². The summed E-state index contributed by atoms with van der Waals surface area (Å²) in [5.41, 5.74) is 7.69. The van der Waals surface area contributed by atoms with Gasteiger partial charge in [0.05, 0.1) is 6.54 Å². The van der Waals surface area contributed by atoms with Crippen molar-refractivity contribution in [2.45, 2.75) is 89.2 Å². The normalized spacial score (nSPS) is 16.8. The summed E-state index contributed by atoms with van der Waals surface area (Å²) in [7, 11) is -1.52. The van der Waals surface area contributed by atoms with E-state index in [-0.39, 0.29) is 43.2 Å². The summed E-state index contributed by atoms with van der Waals surface area (Å²) in [4.78, 5) is 55.8. The molecule has 0 radical (unpaired) electrons. The molecular formula is C36H55BN6O6. The van der Waals surface area contributed by atoms with Crippen molar-refractivity contribution in [3.63, 3.8) is 0 Å². The minimum atomic E-state index is -1.52. The van der Waals surface area contributed by atoms with Crippen LogP contribution in [0.3, 0.4) is 0 Å². The molecule has 1 fully saturated rings. The minimum Gasteiger partial charge on any atom is -0.427 e. The third kappa shape index (κ3) is 13.6. The van der Waals surface area contributed by atoms with Crippen molar-refractivity contribution in [2.75, 3.05) is 32.7 Å². The fourth-order valence-electron chi connectivity index (χ4n) is 6.06. The number of likely N-dealkylation sites (tertiary alicyclic amines) is 1. The van der Waals surface area contributed by atoms with Gasteiger partial charge in [-0.2, -0.15) is 0 Å². The number of unbranched alkanes of at least 4 members (excludes halogenated alkanes) is 1. The van der Waals surface area contributed by atoms with E-state index in [1.807, 2.05) is 74.5 Å². The van der Waals surface area contributed by atoms with Gasteiger partial charge < -0.3 is 41.9 Å². The van der Waals surface area contributed by atoms with Crippen molar-refractivity contribution in [2.24, 2.45) is 11.7 Å². The Hall–Kier alpha value is -3.78. The van der Waals surface area contributed by atoms with E-state index in [0.717, 1.165) is 11.1 Å². The number of carbonyl (C=O) groups excluding carboxylic acids is 4. The lowest BCUT2D eigenvalue weighted by atomic mass is 9.72. The molecule has 1 saturated heterocycles. The third-order valence-corrected chi connectivity index (χ3v) is 8.90. The first-order chi connectivity index (χ1) is 23.5. The zero-order chi connectivity index (χ0) is 35.8. The molecule has 0 spiro atoms. The monoisotopic (exact) mass is 678 g/mol. The highest BCUT2D eigenvalue weighted by atomic mass is 16.4. The minimum absolute atomic E-state index is 0.0168. The smallest absolute Gasteiger partial charge is 0.427 e. The van der Waals surface area contributed by atoms with E-state index in [2.05, 4.69) is 28.2 Å². The van der Waals surface area contributed by atoms with Gasteiger partial charge in [-0.3, -0.25) is 19.2 Å². The largest absolute Gasteiger partial charge is 0.456 e. The SMILES string of the molecule is CC(C)C[C@@H](NC(=O)C(Cc1ccccc1)NC(=O)CNC[C@H](C)c1ccccc1)C(=O)N[C@H](CCCCN)C(=O)N1CCC(B(O)O)C1. The van der Waals surface area contributed by atoms with Gasteiger partial charge in [0.2, 0.25) is 23.6 Å². The van der Waals surface area contributed by atoms with E-state index in [0.29, 0.717) is 51.7 Å². The zero-order valence-electron chi connectivity index (χ0n) is 29.1. The Morgan fingerprint density at radius 2 is 1.51 bits per heavy atom. The Balaban J connectivity index is 1.70. The summed E-state index contributed by atoms with van der Waals surface area (Å²) in [6, 6.07) is 16.6. The van der Waals surface area contributed by atoms with Gasteiger partial charge >= 0.3 is 7.12 Å². The summed E-state index contributed by atoms with van der Waals surface area (Å²) in [6.45, 7) is 7.53. The molecule has 0 bridgehead atoms. The Morgan fingerprint density at radius 1 is 0.878 bits per heavy atom. The molecule has 12 nitrogen and oxygen atoms in total. The maximum Gasteiger partial charge on any atom is 0.456 e. The molecule has 0 aromatic heterocycles. The van der Waals surface area contributed by atoms with Crippen LogP contribution in [-0.2, 0) is 25.6 Å². The van der Waals surface area contributed by atoms with Crippen molar-refractivity contribution in [3.05, 3.63) is 71.8 Å². The van der Waals surface area contributed by atoms with Gasteiger partial charge in [-0.05, 0) is 61.6 Å². The van der Waals surface area contributed by atoms with Gasteiger partial charge in [-0.15, -0.1) is 0 Å². The highest BCUT2D eigenvalue weighted by Gasteiger charge is 2.37. The molecule has 4 amide bonds. The lowest BCUT2D eigenvalue weighted by Crippen LogP contribution is -2.58. The van der Waals surface area contributed by atoms with E-state index in [1.165, 1.54) is 0 Å². The van der Waals surface area contributed by atoms with Crippen LogP contribution >= 0.6 is 0 Å². The van der Waals surface area contributed by atoms with E-state index < -0.39 is 42.9 Å². The summed E-state index contributed by atoms with van der Waals surface area (Å²) in [6.07, 6.45) is 2.63. The highest BCUT2D eigenvalue weighted by Crippen LogP contribution is 2.24. The Morgan fingerprint density at radius 3 is 2.12 bits per heavy atom. The maximum atomic E-state index is 13.8. The quantitative estimate of drug-likeness (QED) is 0.0808. The molecule has 1 aliphatic heterocycles. The molecule has 0 aliphatic carbocycles. The fraction of sp³-hybridized carbons (Fsp3) is 0.556. The van der Waals surface area contributed by atoms with Gasteiger partial charge in [-0.1, -0.05) is 81.4 Å². The Kier molecular flexibility index (Phi) is 16.7. The molecule has 3 rings (SSSR count). The average Bonchev–Trinajstić information content (AvgIpc) is 3.58. The Bertz CT molecular complexity index is 1320. The maximum absolute atomic E-state index is 13.8. The molecular weight excluding hydrogens is 623 g/mol. The van der Waals surface area contributed by atoms with Crippen LogP contribution in [-0.4, -0.2) is 96.5 Å². The summed E-state index contributed by atoms with van der Waals surface area (Å²) >= 11 is 0. The second-order valence-corrected chi connectivity index (χ2v) is 13.5. The van der Waals surface area contributed by atoms with Crippen molar-refractivity contribution in [1.82, 2.24) is 26.2 Å². The van der Waals surface area contributed by atoms with Crippen LogP contribution in [0.1, 0.15) is 69.9 Å². The standard InChI is InChI=1S/C36H55BN6O6/c1-25(2)20-31(34(45)41-30(16-10-11-18-38)36(47)43-19-17-29(24-43)37(48)49)42-35(46)32(21-27-12-6-4-7-13-27)40-33(44)23-39-22-26(3)28-14-8-5-9-15-28/h4-9,12-15,25-26,29-32,39,48-49H,10-11,16-24,38H2,1-3H3,(H,40,44)(H,41,45)(H,42,46)/t26-,29?,30+,31+,32?/m0/s1. The second-order valence-electron chi connectivity index (χ2n) is 13.5. The lowest BCUT2D eigenvalue weighted by Gasteiger charge is -2.28. The van der Waals surface area contributed by atoms with Crippen molar-refractivity contribution in [1.29, 1.82) is 0 Å². The van der Waals surface area contributed by atoms with Crippen LogP contribution in [0.15, 0.2) is 60.7 Å². The molecule has 1 aliphatic rings. The number of nitrogens with two attached hydrogens (primary N) is 1. The first-order valence-corrected chi connectivity index (χ1v) is 17.5. The van der Waals surface area contributed by atoms with Crippen molar-refractivity contribution >= 4 is 30.7 Å². The molecule has 8 N–H and O–H groups in total. The van der Waals surface area contributed by atoms with E-state index in [4.69, 9.17) is 5.73 Å². The summed E-state index contributed by atoms with van der Waals surface area (Å²) < 4.78 is 0. The zero-order valence-corrected chi connectivity index (χ0v) is 29.1. The molecule has 2 aromatic rings. The van der Waals surface area contributed by atoms with E-state index in [1.54, 1.807) is 4.90 Å². The van der Waals surface area contributed by atoms with Crippen LogP contribution in [0.5, 0.6) is 0 Å². The summed E-state index contributed by atoms with van der Waals surface area (Å²) in [5, 5.41) is 31.0. The van der Waals surface area contributed by atoms with Gasteiger partial charge in [0.25, 0.3) is 0 Å². The van der Waals surface area contributed by atoms with Gasteiger partial charge in [-0.25, -0.2) is 0 Å². The number of hydrogen-bond donors (Lipinski definition) is 7. The number of hydrogen-bond acceptors (Lipinski definition) is 8. The molecule has 13 heteroatoms. The number of benzene rings is 2. The topological polar surface area (TPSA) is 186 Å². The van der Waals surface area contributed by atoms with Crippen LogP contribution in [0.4, 0.5) is 0 Å². The van der Waals surface area contributed by atoms with Crippen LogP contribution < -0.4 is 27.0 Å². The van der Waals surface area contributed by atoms with Crippen LogP contribution in [0, 0.1) is 5.92 Å². The van der Waals surface area contributed by atoms with Gasteiger partial charge in [0, 0.05) is 31.9 Å². The summed E-state index contributed by atoms with van der Waals surface area (Å²) in [5.74, 6) is -1.86. The van der Waals surface area contributed by atoms with Crippen LogP contribution in [0.2, 0.25) is 5.82 Å². The number of rotatable bonds is 20. The van der Waals surface area contributed by atoms with Gasteiger partial charge in [0.1, 0.15) is 18.1 Å². The number of carbonyl (C=O) groups is 4. The molecule has 0 saturated carbocycles. The number of amides is 4. The Labute approximate surface area is 291 Å². The second kappa shape index (κ2) is 20.7. The van der Waals surface area contributed by atoms with E-state index >= 15 is 0 Å². The highest BCUT2D eigenvalue weighted by molar-refractivity contribution is 6.43. The lowest BCUT2D eigenvalue weighted by molar-refractivity contribution is -0.137. The first-order valence-electron chi connectivity index (χ1n) is 17.5. The van der Waals surface area contributed by atoms with Crippen LogP contribution in [0.25, 0.3) is 0 Å². The molecule has 268 valence electrons. The van der Waals surface area contributed by atoms with Crippen molar-refractivity contribution in [3.8, 4) is 0 Å². The number of nitrogens with zero attached hydrogens (tertiary/aromatic N) is 1. The fourth-order valence-corrected chi connectivity index (χ4v) is 6.06. The predicted octanol–water partition coefficient (Wildman–Crippen LogP) is 1.33. The predicted molar refractivity (Wildman–Crippen MR) is 191 cm³/mol. The molecule has 1 heterocycles.